The molecule has 0 heterocycles. The van der Waals surface area contributed by atoms with Crippen LogP contribution in [0.3, 0.4) is 0 Å². The minimum atomic E-state index is -3.79. The highest BCUT2D eigenvalue weighted by molar-refractivity contribution is 7.92. The van der Waals surface area contributed by atoms with Crippen molar-refractivity contribution in [2.24, 2.45) is 0 Å². The van der Waals surface area contributed by atoms with Crippen LogP contribution in [-0.2, 0) is 10.0 Å². The number of likely N-dealkylation sites (N-methyl/N-ethyl adjacent to an activating group) is 1. The molecule has 1 amide bonds. The Labute approximate surface area is 174 Å². The fourth-order valence-corrected chi connectivity index (χ4v) is 4.92. The van der Waals surface area contributed by atoms with Crippen LogP contribution >= 0.6 is 0 Å². The fourth-order valence-electron chi connectivity index (χ4n) is 3.19. The van der Waals surface area contributed by atoms with E-state index in [4.69, 9.17) is 0 Å². The SMILES string of the molecule is CCN(CC)CCNC(=O)c1ccc(C)c(S(=O)(=O)N(CC)c2ccccc2)c1. The number of sulfonamides is 1. The van der Waals surface area contributed by atoms with Crippen molar-refractivity contribution in [3.63, 3.8) is 0 Å². The van der Waals surface area contributed by atoms with E-state index in [0.717, 1.165) is 19.6 Å². The molecule has 6 nitrogen and oxygen atoms in total. The van der Waals surface area contributed by atoms with E-state index in [2.05, 4.69) is 24.1 Å². The first-order chi connectivity index (χ1) is 13.8. The van der Waals surface area contributed by atoms with E-state index in [1.54, 1.807) is 50.2 Å². The average Bonchev–Trinajstić information content (AvgIpc) is 2.72. The van der Waals surface area contributed by atoms with Gasteiger partial charge in [0.25, 0.3) is 15.9 Å². The van der Waals surface area contributed by atoms with Crippen LogP contribution < -0.4 is 9.62 Å². The number of nitrogens with one attached hydrogen (secondary N) is 1. The van der Waals surface area contributed by atoms with Gasteiger partial charge < -0.3 is 10.2 Å². The highest BCUT2D eigenvalue weighted by Gasteiger charge is 2.26. The molecule has 1 N–H and O–H groups in total. The largest absolute Gasteiger partial charge is 0.351 e. The molecule has 158 valence electrons. The van der Waals surface area contributed by atoms with Gasteiger partial charge in [-0.25, -0.2) is 8.42 Å². The van der Waals surface area contributed by atoms with Crippen molar-refractivity contribution >= 4 is 21.6 Å². The molecule has 0 saturated heterocycles. The third-order valence-corrected chi connectivity index (χ3v) is 7.00. The number of benzene rings is 2. The summed E-state index contributed by atoms with van der Waals surface area (Å²) in [5, 5.41) is 2.88. The average molecular weight is 418 g/mol. The van der Waals surface area contributed by atoms with Gasteiger partial charge in [-0.2, -0.15) is 0 Å². The summed E-state index contributed by atoms with van der Waals surface area (Å²) in [5.41, 5.74) is 1.56. The second-order valence-corrected chi connectivity index (χ2v) is 8.60. The van der Waals surface area contributed by atoms with Gasteiger partial charge >= 0.3 is 0 Å². The van der Waals surface area contributed by atoms with Crippen LogP contribution in [0.1, 0.15) is 36.7 Å². The number of anilines is 1. The molecule has 29 heavy (non-hydrogen) atoms. The molecule has 0 aromatic heterocycles. The number of hydrogen-bond acceptors (Lipinski definition) is 4. The minimum absolute atomic E-state index is 0.152. The Morgan fingerprint density at radius 1 is 0.966 bits per heavy atom. The van der Waals surface area contributed by atoms with Crippen molar-refractivity contribution < 1.29 is 13.2 Å². The lowest BCUT2D eigenvalue weighted by Gasteiger charge is -2.24. The van der Waals surface area contributed by atoms with Crippen molar-refractivity contribution in [2.45, 2.75) is 32.6 Å². The zero-order valence-corrected chi connectivity index (χ0v) is 18.5. The molecule has 2 aromatic carbocycles. The topological polar surface area (TPSA) is 69.7 Å². The van der Waals surface area contributed by atoms with Gasteiger partial charge in [-0.05, 0) is 56.8 Å². The summed E-state index contributed by atoms with van der Waals surface area (Å²) < 4.78 is 28.0. The van der Waals surface area contributed by atoms with Gasteiger partial charge in [0.1, 0.15) is 0 Å². The number of aryl methyl sites for hydroxylation is 1. The van der Waals surface area contributed by atoms with Gasteiger partial charge in [0.2, 0.25) is 0 Å². The van der Waals surface area contributed by atoms with Gasteiger partial charge in [0.05, 0.1) is 10.6 Å². The van der Waals surface area contributed by atoms with Crippen LogP contribution in [-0.4, -0.2) is 51.9 Å². The third-order valence-electron chi connectivity index (χ3n) is 4.96. The Balaban J connectivity index is 2.26. The van der Waals surface area contributed by atoms with Gasteiger partial charge in [-0.15, -0.1) is 0 Å². The highest BCUT2D eigenvalue weighted by atomic mass is 32.2. The van der Waals surface area contributed by atoms with E-state index in [9.17, 15) is 13.2 Å². The second kappa shape index (κ2) is 10.4. The van der Waals surface area contributed by atoms with E-state index in [-0.39, 0.29) is 10.8 Å². The molecule has 0 aliphatic rings. The molecule has 0 spiro atoms. The van der Waals surface area contributed by atoms with Crippen molar-refractivity contribution in [1.82, 2.24) is 10.2 Å². The zero-order chi connectivity index (χ0) is 21.4. The van der Waals surface area contributed by atoms with E-state index < -0.39 is 10.0 Å². The third kappa shape index (κ3) is 5.58. The minimum Gasteiger partial charge on any atom is -0.351 e. The molecule has 2 aromatic rings. The molecular formula is C22H31N3O3S. The second-order valence-electron chi connectivity index (χ2n) is 6.77. The Morgan fingerprint density at radius 2 is 1.62 bits per heavy atom. The molecule has 7 heteroatoms. The Kier molecular flexibility index (Phi) is 8.22. The van der Waals surface area contributed by atoms with E-state index in [1.165, 1.54) is 10.4 Å². The lowest BCUT2D eigenvalue weighted by molar-refractivity contribution is 0.0948. The number of para-hydroxylation sites is 1. The Bertz CT molecular complexity index is 910. The first kappa shape index (κ1) is 22.9. The quantitative estimate of drug-likeness (QED) is 0.644. The molecule has 2 rings (SSSR count). The Morgan fingerprint density at radius 3 is 2.21 bits per heavy atom. The molecular weight excluding hydrogens is 386 g/mol. The van der Waals surface area contributed by atoms with Crippen molar-refractivity contribution in [3.8, 4) is 0 Å². The van der Waals surface area contributed by atoms with E-state index in [1.807, 2.05) is 6.07 Å². The van der Waals surface area contributed by atoms with Crippen LogP contribution in [0.25, 0.3) is 0 Å². The highest BCUT2D eigenvalue weighted by Crippen LogP contribution is 2.26. The normalized spacial score (nSPS) is 11.5. The maximum absolute atomic E-state index is 13.3. The molecule has 0 aliphatic heterocycles. The first-order valence-electron chi connectivity index (χ1n) is 10.0. The summed E-state index contributed by atoms with van der Waals surface area (Å²) in [4.78, 5) is 14.9. The zero-order valence-electron chi connectivity index (χ0n) is 17.7. The standard InChI is InChI=1S/C22H31N3O3S/c1-5-24(6-2)16-15-23-22(26)19-14-13-18(4)21(17-19)29(27,28)25(7-3)20-11-9-8-10-12-20/h8-14,17H,5-7,15-16H2,1-4H3,(H,23,26). The molecule has 0 radical (unpaired) electrons. The first-order valence-corrected chi connectivity index (χ1v) is 11.5. The summed E-state index contributed by atoms with van der Waals surface area (Å²) >= 11 is 0. The molecule has 0 saturated carbocycles. The summed E-state index contributed by atoms with van der Waals surface area (Å²) in [7, 11) is -3.79. The van der Waals surface area contributed by atoms with Crippen LogP contribution in [0.15, 0.2) is 53.4 Å². The predicted molar refractivity (Wildman–Crippen MR) is 118 cm³/mol. The Hall–Kier alpha value is -2.38. The fraction of sp³-hybridized carbons (Fsp3) is 0.409. The lowest BCUT2D eigenvalue weighted by Crippen LogP contribution is -2.35. The smallest absolute Gasteiger partial charge is 0.264 e. The summed E-state index contributed by atoms with van der Waals surface area (Å²) in [6.07, 6.45) is 0. The van der Waals surface area contributed by atoms with E-state index in [0.29, 0.717) is 29.9 Å². The van der Waals surface area contributed by atoms with Crippen LogP contribution in [0, 0.1) is 6.92 Å². The van der Waals surface area contributed by atoms with E-state index >= 15 is 0 Å². The number of hydrogen-bond donors (Lipinski definition) is 1. The summed E-state index contributed by atoms with van der Waals surface area (Å²) in [6.45, 7) is 11.1. The number of amides is 1. The molecule has 0 bridgehead atoms. The molecule has 0 unspecified atom stereocenters. The number of rotatable bonds is 10. The lowest BCUT2D eigenvalue weighted by atomic mass is 10.1. The summed E-state index contributed by atoms with van der Waals surface area (Å²) in [5.74, 6) is -0.267. The van der Waals surface area contributed by atoms with Crippen molar-refractivity contribution in [3.05, 3.63) is 59.7 Å². The van der Waals surface area contributed by atoms with Crippen molar-refractivity contribution in [2.75, 3.05) is 37.0 Å². The molecule has 0 atom stereocenters. The maximum Gasteiger partial charge on any atom is 0.264 e. The van der Waals surface area contributed by atoms with Crippen LogP contribution in [0.2, 0.25) is 0 Å². The van der Waals surface area contributed by atoms with Crippen molar-refractivity contribution in [1.29, 1.82) is 0 Å². The van der Waals surface area contributed by atoms with Gasteiger partial charge in [0.15, 0.2) is 0 Å². The molecule has 0 fully saturated rings. The van der Waals surface area contributed by atoms with Crippen LogP contribution in [0.5, 0.6) is 0 Å². The number of nitrogens with zero attached hydrogens (tertiary/aromatic N) is 2. The van der Waals surface area contributed by atoms with Gasteiger partial charge in [-0.3, -0.25) is 9.10 Å². The summed E-state index contributed by atoms with van der Waals surface area (Å²) in [6, 6.07) is 13.8. The molecule has 0 aliphatic carbocycles. The van der Waals surface area contributed by atoms with Gasteiger partial charge in [0, 0.05) is 25.2 Å². The maximum atomic E-state index is 13.3. The monoisotopic (exact) mass is 417 g/mol. The number of carbonyl (C=O) groups is 1. The van der Waals surface area contributed by atoms with Gasteiger partial charge in [-0.1, -0.05) is 38.1 Å². The van der Waals surface area contributed by atoms with Crippen LogP contribution in [0.4, 0.5) is 5.69 Å². The number of carbonyl (C=O) groups excluding carboxylic acids is 1. The predicted octanol–water partition coefficient (Wildman–Crippen LogP) is 3.28.